The van der Waals surface area contributed by atoms with Gasteiger partial charge in [0.05, 0.1) is 13.7 Å². The third kappa shape index (κ3) is 3.38. The monoisotopic (exact) mass is 425 g/mol. The number of amides is 1. The minimum absolute atomic E-state index is 0.181. The van der Waals surface area contributed by atoms with Crippen LogP contribution in [0.4, 0.5) is 5.69 Å². The van der Waals surface area contributed by atoms with E-state index in [9.17, 15) is 9.59 Å². The molecule has 2 saturated heterocycles. The van der Waals surface area contributed by atoms with Gasteiger partial charge < -0.3 is 18.9 Å². The van der Waals surface area contributed by atoms with Gasteiger partial charge >= 0.3 is 5.97 Å². The van der Waals surface area contributed by atoms with E-state index in [4.69, 9.17) is 18.9 Å². The Bertz CT molecular complexity index is 984. The van der Waals surface area contributed by atoms with Crippen molar-refractivity contribution >= 4 is 17.6 Å². The Balaban J connectivity index is 1.83. The standard InChI is InChI=1S/C24H27NO6/c1-6-29-21(26)20-24(31-23(3,4)30-20)19(16-9-7-15(2)8-10-16)25(22(24)27)17-11-13-18(28-5)14-12-17/h7-14,19-20H,6H2,1-5H3/t19-,20-,24-/m0/s1. The average Bonchev–Trinajstić information content (AvgIpc) is 3.06. The predicted molar refractivity (Wildman–Crippen MR) is 114 cm³/mol. The molecule has 4 rings (SSSR count). The van der Waals surface area contributed by atoms with Gasteiger partial charge in [-0.05, 0) is 57.5 Å². The van der Waals surface area contributed by atoms with Crippen LogP contribution in [0.15, 0.2) is 48.5 Å². The van der Waals surface area contributed by atoms with E-state index in [1.165, 1.54) is 0 Å². The molecule has 7 heteroatoms. The summed E-state index contributed by atoms with van der Waals surface area (Å²) in [5.74, 6) is -1.38. The third-order valence-corrected chi connectivity index (χ3v) is 5.67. The molecule has 1 spiro atoms. The molecular formula is C24H27NO6. The molecule has 2 aliphatic heterocycles. The van der Waals surface area contributed by atoms with Crippen LogP contribution in [0.5, 0.6) is 5.75 Å². The minimum atomic E-state index is -1.51. The van der Waals surface area contributed by atoms with E-state index >= 15 is 0 Å². The molecule has 2 aromatic carbocycles. The molecule has 0 aromatic heterocycles. The number of esters is 1. The molecule has 2 heterocycles. The fraction of sp³-hybridized carbons (Fsp3) is 0.417. The van der Waals surface area contributed by atoms with E-state index in [0.717, 1.165) is 11.1 Å². The highest BCUT2D eigenvalue weighted by molar-refractivity contribution is 6.11. The number of aryl methyl sites for hydroxylation is 1. The molecule has 0 unspecified atom stereocenters. The summed E-state index contributed by atoms with van der Waals surface area (Å²) in [7, 11) is 1.59. The second-order valence-corrected chi connectivity index (χ2v) is 8.23. The van der Waals surface area contributed by atoms with Gasteiger partial charge in [0, 0.05) is 5.69 Å². The number of hydrogen-bond acceptors (Lipinski definition) is 6. The summed E-state index contributed by atoms with van der Waals surface area (Å²) in [5.41, 5.74) is 1.10. The molecule has 0 bridgehead atoms. The van der Waals surface area contributed by atoms with E-state index in [1.807, 2.05) is 43.3 Å². The fourth-order valence-corrected chi connectivity index (χ4v) is 4.35. The number of hydrogen-bond donors (Lipinski definition) is 0. The SMILES string of the molecule is CCOC(=O)[C@@H]1OC(C)(C)O[C@]12C(=O)N(c1ccc(OC)cc1)[C@H]2c1ccc(C)cc1. The molecule has 1 amide bonds. The first kappa shape index (κ1) is 21.3. The van der Waals surface area contributed by atoms with Crippen LogP contribution in [0.25, 0.3) is 0 Å². The number of nitrogens with zero attached hydrogens (tertiary/aromatic N) is 1. The number of carbonyl (C=O) groups is 2. The number of benzene rings is 2. The van der Waals surface area contributed by atoms with Gasteiger partial charge in [-0.15, -0.1) is 0 Å². The topological polar surface area (TPSA) is 74.3 Å². The maximum atomic E-state index is 13.7. The van der Waals surface area contributed by atoms with Gasteiger partial charge in [-0.1, -0.05) is 29.8 Å². The Labute approximate surface area is 181 Å². The van der Waals surface area contributed by atoms with E-state index in [-0.39, 0.29) is 12.5 Å². The highest BCUT2D eigenvalue weighted by Crippen LogP contribution is 2.56. The summed E-state index contributed by atoms with van der Waals surface area (Å²) >= 11 is 0. The molecule has 7 nitrogen and oxygen atoms in total. The smallest absolute Gasteiger partial charge is 0.339 e. The van der Waals surface area contributed by atoms with Crippen molar-refractivity contribution in [1.82, 2.24) is 0 Å². The molecule has 0 aliphatic carbocycles. The zero-order valence-electron chi connectivity index (χ0n) is 18.4. The fourth-order valence-electron chi connectivity index (χ4n) is 4.35. The molecule has 2 aromatic rings. The van der Waals surface area contributed by atoms with E-state index in [1.54, 1.807) is 44.9 Å². The Morgan fingerprint density at radius 3 is 2.32 bits per heavy atom. The van der Waals surface area contributed by atoms with Gasteiger partial charge in [0.2, 0.25) is 5.60 Å². The van der Waals surface area contributed by atoms with E-state index in [2.05, 4.69) is 0 Å². The van der Waals surface area contributed by atoms with Crippen LogP contribution < -0.4 is 9.64 Å². The Kier molecular flexibility index (Phi) is 5.27. The van der Waals surface area contributed by atoms with Crippen molar-refractivity contribution in [2.75, 3.05) is 18.6 Å². The van der Waals surface area contributed by atoms with Crippen LogP contribution in [-0.4, -0.2) is 43.1 Å². The lowest BCUT2D eigenvalue weighted by Crippen LogP contribution is -2.74. The normalized spacial score (nSPS) is 26.6. The minimum Gasteiger partial charge on any atom is -0.497 e. The second kappa shape index (κ2) is 7.66. The average molecular weight is 425 g/mol. The largest absolute Gasteiger partial charge is 0.497 e. The summed E-state index contributed by atoms with van der Waals surface area (Å²) in [6.07, 6.45) is -1.17. The van der Waals surface area contributed by atoms with Gasteiger partial charge in [0.15, 0.2) is 11.9 Å². The first-order valence-electron chi connectivity index (χ1n) is 10.3. The van der Waals surface area contributed by atoms with Crippen molar-refractivity contribution in [3.63, 3.8) is 0 Å². The van der Waals surface area contributed by atoms with Crippen molar-refractivity contribution in [2.24, 2.45) is 0 Å². The summed E-state index contributed by atoms with van der Waals surface area (Å²) in [6.45, 7) is 7.29. The zero-order valence-corrected chi connectivity index (χ0v) is 18.4. The summed E-state index contributed by atoms with van der Waals surface area (Å²) < 4.78 is 22.6. The maximum absolute atomic E-state index is 13.7. The number of carbonyl (C=O) groups excluding carboxylic acids is 2. The molecule has 31 heavy (non-hydrogen) atoms. The van der Waals surface area contributed by atoms with Gasteiger partial charge in [0.1, 0.15) is 11.8 Å². The van der Waals surface area contributed by atoms with Crippen molar-refractivity contribution in [1.29, 1.82) is 0 Å². The highest BCUT2D eigenvalue weighted by Gasteiger charge is 2.75. The quantitative estimate of drug-likeness (QED) is 0.539. The van der Waals surface area contributed by atoms with Crippen LogP contribution in [0.2, 0.25) is 0 Å². The predicted octanol–water partition coefficient (Wildman–Crippen LogP) is 3.54. The lowest BCUT2D eigenvalue weighted by Gasteiger charge is -2.54. The Morgan fingerprint density at radius 1 is 1.10 bits per heavy atom. The van der Waals surface area contributed by atoms with Gasteiger partial charge in [-0.2, -0.15) is 0 Å². The molecule has 0 N–H and O–H groups in total. The first-order chi connectivity index (χ1) is 14.7. The number of ether oxygens (including phenoxy) is 4. The molecule has 0 saturated carbocycles. The van der Waals surface area contributed by atoms with Crippen LogP contribution in [0.1, 0.15) is 37.9 Å². The number of β-lactam (4-membered cyclic amide) rings is 1. The van der Waals surface area contributed by atoms with Crippen molar-refractivity contribution < 1.29 is 28.5 Å². The van der Waals surface area contributed by atoms with Gasteiger partial charge in [0.25, 0.3) is 5.91 Å². The van der Waals surface area contributed by atoms with E-state index < -0.39 is 29.5 Å². The number of anilines is 1. The van der Waals surface area contributed by atoms with Gasteiger partial charge in [-0.3, -0.25) is 9.69 Å². The van der Waals surface area contributed by atoms with Crippen LogP contribution in [0, 0.1) is 6.92 Å². The van der Waals surface area contributed by atoms with Crippen molar-refractivity contribution in [2.45, 2.75) is 51.2 Å². The second-order valence-electron chi connectivity index (χ2n) is 8.23. The lowest BCUT2D eigenvalue weighted by molar-refractivity contribution is -0.189. The summed E-state index contributed by atoms with van der Waals surface area (Å²) in [5, 5.41) is 0. The molecule has 3 atom stereocenters. The molecule has 2 fully saturated rings. The van der Waals surface area contributed by atoms with Crippen molar-refractivity contribution in [3.8, 4) is 5.75 Å². The van der Waals surface area contributed by atoms with Crippen LogP contribution >= 0.6 is 0 Å². The van der Waals surface area contributed by atoms with E-state index in [0.29, 0.717) is 11.4 Å². The summed E-state index contributed by atoms with van der Waals surface area (Å²) in [4.78, 5) is 28.2. The molecule has 164 valence electrons. The highest BCUT2D eigenvalue weighted by atomic mass is 16.8. The van der Waals surface area contributed by atoms with Crippen LogP contribution in [0.3, 0.4) is 0 Å². The third-order valence-electron chi connectivity index (χ3n) is 5.67. The Morgan fingerprint density at radius 2 is 1.74 bits per heavy atom. The molecule has 0 radical (unpaired) electrons. The maximum Gasteiger partial charge on any atom is 0.339 e. The lowest BCUT2D eigenvalue weighted by atomic mass is 9.73. The van der Waals surface area contributed by atoms with Gasteiger partial charge in [-0.25, -0.2) is 4.79 Å². The number of methoxy groups -OCH3 is 1. The van der Waals surface area contributed by atoms with Crippen LogP contribution in [-0.2, 0) is 23.8 Å². The molecular weight excluding hydrogens is 398 g/mol. The Hall–Kier alpha value is -2.90. The molecule has 2 aliphatic rings. The first-order valence-corrected chi connectivity index (χ1v) is 10.3. The zero-order chi connectivity index (χ0) is 22.4. The van der Waals surface area contributed by atoms with Crippen molar-refractivity contribution in [3.05, 3.63) is 59.7 Å². The number of rotatable bonds is 5. The summed E-state index contributed by atoms with van der Waals surface area (Å²) in [6, 6.07) is 14.5.